The highest BCUT2D eigenvalue weighted by Gasteiger charge is 2.18. The predicted octanol–water partition coefficient (Wildman–Crippen LogP) is 2.86. The highest BCUT2D eigenvalue weighted by molar-refractivity contribution is 5.92. The first-order chi connectivity index (χ1) is 8.88. The molecule has 1 N–H and O–H groups in total. The molecular weight excluding hydrogens is 224 g/mol. The predicted molar refractivity (Wildman–Crippen MR) is 70.1 cm³/mol. The average molecular weight is 238 g/mol. The second-order valence-electron chi connectivity index (χ2n) is 4.68. The largest absolute Gasteiger partial charge is 0.379 e. The van der Waals surface area contributed by atoms with Gasteiger partial charge in [0.2, 0.25) is 0 Å². The SMILES string of the molecule is N#Cc1nnc2ccccc2c1NC1CCCC1. The second-order valence-corrected chi connectivity index (χ2v) is 4.68. The van der Waals surface area contributed by atoms with E-state index in [1.165, 1.54) is 25.7 Å². The quantitative estimate of drug-likeness (QED) is 0.873. The van der Waals surface area contributed by atoms with Crippen LogP contribution in [-0.2, 0) is 0 Å². The summed E-state index contributed by atoms with van der Waals surface area (Å²) in [5.41, 5.74) is 2.06. The summed E-state index contributed by atoms with van der Waals surface area (Å²) >= 11 is 0. The highest BCUT2D eigenvalue weighted by atomic mass is 15.1. The van der Waals surface area contributed by atoms with Gasteiger partial charge >= 0.3 is 0 Å². The van der Waals surface area contributed by atoms with Gasteiger partial charge in [0.1, 0.15) is 6.07 Å². The third-order valence-corrected chi connectivity index (χ3v) is 3.48. The Labute approximate surface area is 106 Å². The Bertz CT molecular complexity index is 609. The van der Waals surface area contributed by atoms with E-state index in [4.69, 9.17) is 5.26 Å². The summed E-state index contributed by atoms with van der Waals surface area (Å²) in [6.07, 6.45) is 4.86. The lowest BCUT2D eigenvalue weighted by Crippen LogP contribution is -2.16. The van der Waals surface area contributed by atoms with Crippen LogP contribution in [0.5, 0.6) is 0 Å². The molecular formula is C14H14N4. The van der Waals surface area contributed by atoms with Gasteiger partial charge in [0, 0.05) is 11.4 Å². The molecule has 0 bridgehead atoms. The molecule has 0 spiro atoms. The first-order valence-electron chi connectivity index (χ1n) is 6.30. The fraction of sp³-hybridized carbons (Fsp3) is 0.357. The molecule has 4 nitrogen and oxygen atoms in total. The van der Waals surface area contributed by atoms with Gasteiger partial charge in [-0.2, -0.15) is 5.26 Å². The van der Waals surface area contributed by atoms with Crippen LogP contribution in [0.25, 0.3) is 10.9 Å². The van der Waals surface area contributed by atoms with Crippen molar-refractivity contribution in [2.45, 2.75) is 31.7 Å². The molecule has 2 aromatic rings. The number of benzene rings is 1. The maximum atomic E-state index is 9.16. The van der Waals surface area contributed by atoms with Crippen molar-refractivity contribution >= 4 is 16.6 Å². The molecule has 0 aliphatic heterocycles. The fourth-order valence-electron chi connectivity index (χ4n) is 2.55. The van der Waals surface area contributed by atoms with E-state index in [9.17, 15) is 0 Å². The van der Waals surface area contributed by atoms with E-state index < -0.39 is 0 Å². The Hall–Kier alpha value is -2.15. The Morgan fingerprint density at radius 3 is 2.72 bits per heavy atom. The van der Waals surface area contributed by atoms with Gasteiger partial charge in [0.25, 0.3) is 0 Å². The zero-order chi connectivity index (χ0) is 12.4. The Morgan fingerprint density at radius 1 is 1.17 bits per heavy atom. The second kappa shape index (κ2) is 4.61. The molecule has 0 unspecified atom stereocenters. The van der Waals surface area contributed by atoms with E-state index in [0.717, 1.165) is 16.6 Å². The average Bonchev–Trinajstić information content (AvgIpc) is 2.92. The van der Waals surface area contributed by atoms with E-state index in [-0.39, 0.29) is 0 Å². The Kier molecular flexibility index (Phi) is 2.81. The molecule has 90 valence electrons. The molecule has 1 fully saturated rings. The molecule has 1 aromatic carbocycles. The van der Waals surface area contributed by atoms with Crippen molar-refractivity contribution < 1.29 is 0 Å². The molecule has 18 heavy (non-hydrogen) atoms. The molecule has 1 aromatic heterocycles. The van der Waals surface area contributed by atoms with Crippen LogP contribution in [-0.4, -0.2) is 16.2 Å². The minimum Gasteiger partial charge on any atom is -0.379 e. The molecule has 1 aliphatic carbocycles. The summed E-state index contributed by atoms with van der Waals surface area (Å²) in [6, 6.07) is 10.4. The maximum absolute atomic E-state index is 9.16. The smallest absolute Gasteiger partial charge is 0.186 e. The third-order valence-electron chi connectivity index (χ3n) is 3.48. The van der Waals surface area contributed by atoms with Crippen LogP contribution in [0.15, 0.2) is 24.3 Å². The van der Waals surface area contributed by atoms with Crippen LogP contribution >= 0.6 is 0 Å². The summed E-state index contributed by atoms with van der Waals surface area (Å²) in [5.74, 6) is 0. The number of aromatic nitrogens is 2. The third kappa shape index (κ3) is 1.88. The normalized spacial score (nSPS) is 15.7. The van der Waals surface area contributed by atoms with Crippen LogP contribution in [0.2, 0.25) is 0 Å². The van der Waals surface area contributed by atoms with Crippen LogP contribution in [0.4, 0.5) is 5.69 Å². The van der Waals surface area contributed by atoms with E-state index in [1.807, 2.05) is 24.3 Å². The van der Waals surface area contributed by atoms with Gasteiger partial charge < -0.3 is 5.32 Å². The van der Waals surface area contributed by atoms with Crippen molar-refractivity contribution in [3.63, 3.8) is 0 Å². The number of hydrogen-bond acceptors (Lipinski definition) is 4. The molecule has 1 heterocycles. The number of nitrogens with zero attached hydrogens (tertiary/aromatic N) is 3. The lowest BCUT2D eigenvalue weighted by atomic mass is 10.1. The van der Waals surface area contributed by atoms with Gasteiger partial charge in [0.15, 0.2) is 5.69 Å². The summed E-state index contributed by atoms with van der Waals surface area (Å²) < 4.78 is 0. The van der Waals surface area contributed by atoms with Crippen LogP contribution in [0.1, 0.15) is 31.4 Å². The Morgan fingerprint density at radius 2 is 1.94 bits per heavy atom. The summed E-state index contributed by atoms with van der Waals surface area (Å²) in [6.45, 7) is 0. The Balaban J connectivity index is 2.08. The number of nitrogens with one attached hydrogen (secondary N) is 1. The molecule has 0 atom stereocenters. The first kappa shape index (κ1) is 11.0. The molecule has 3 rings (SSSR count). The van der Waals surface area contributed by atoms with Crippen molar-refractivity contribution in [2.75, 3.05) is 5.32 Å². The van der Waals surface area contributed by atoms with Gasteiger partial charge in [-0.15, -0.1) is 10.2 Å². The summed E-state index contributed by atoms with van der Waals surface area (Å²) in [4.78, 5) is 0. The standard InChI is InChI=1S/C14H14N4/c15-9-13-14(16-10-5-1-2-6-10)11-7-3-4-8-12(11)17-18-13/h3-4,7-8,10H,1-2,5-6H2,(H,16,17). The zero-order valence-corrected chi connectivity index (χ0v) is 10.1. The summed E-state index contributed by atoms with van der Waals surface area (Å²) in [7, 11) is 0. The summed E-state index contributed by atoms with van der Waals surface area (Å²) in [5, 5.41) is 21.7. The number of fused-ring (bicyclic) bond motifs is 1. The van der Waals surface area contributed by atoms with Crippen molar-refractivity contribution in [3.8, 4) is 6.07 Å². The molecule has 0 amide bonds. The van der Waals surface area contributed by atoms with Gasteiger partial charge in [-0.05, 0) is 18.9 Å². The number of rotatable bonds is 2. The molecule has 1 aliphatic rings. The van der Waals surface area contributed by atoms with Crippen molar-refractivity contribution in [3.05, 3.63) is 30.0 Å². The lowest BCUT2D eigenvalue weighted by molar-refractivity contribution is 0.754. The number of nitriles is 1. The minimum atomic E-state index is 0.389. The maximum Gasteiger partial charge on any atom is 0.186 e. The van der Waals surface area contributed by atoms with Gasteiger partial charge in [-0.25, -0.2) is 0 Å². The van der Waals surface area contributed by atoms with Crippen LogP contribution < -0.4 is 5.32 Å². The first-order valence-corrected chi connectivity index (χ1v) is 6.30. The zero-order valence-electron chi connectivity index (χ0n) is 10.1. The van der Waals surface area contributed by atoms with Crippen LogP contribution in [0.3, 0.4) is 0 Å². The minimum absolute atomic E-state index is 0.389. The number of anilines is 1. The van der Waals surface area contributed by atoms with Crippen LogP contribution in [0, 0.1) is 11.3 Å². The van der Waals surface area contributed by atoms with E-state index in [1.54, 1.807) is 0 Å². The van der Waals surface area contributed by atoms with Crippen molar-refractivity contribution in [1.82, 2.24) is 10.2 Å². The molecule has 0 saturated heterocycles. The highest BCUT2D eigenvalue weighted by Crippen LogP contribution is 2.28. The van der Waals surface area contributed by atoms with Gasteiger partial charge in [-0.3, -0.25) is 0 Å². The van der Waals surface area contributed by atoms with Crippen molar-refractivity contribution in [1.29, 1.82) is 5.26 Å². The van der Waals surface area contributed by atoms with E-state index >= 15 is 0 Å². The molecule has 0 radical (unpaired) electrons. The van der Waals surface area contributed by atoms with Crippen molar-refractivity contribution in [2.24, 2.45) is 0 Å². The fourth-order valence-corrected chi connectivity index (χ4v) is 2.55. The molecule has 1 saturated carbocycles. The topological polar surface area (TPSA) is 61.6 Å². The lowest BCUT2D eigenvalue weighted by Gasteiger charge is -2.15. The van der Waals surface area contributed by atoms with Gasteiger partial charge in [0.05, 0.1) is 11.2 Å². The van der Waals surface area contributed by atoms with Gasteiger partial charge in [-0.1, -0.05) is 31.0 Å². The van der Waals surface area contributed by atoms with E-state index in [2.05, 4.69) is 21.6 Å². The monoisotopic (exact) mass is 238 g/mol. The molecule has 4 heteroatoms. The number of hydrogen-bond donors (Lipinski definition) is 1. The van der Waals surface area contributed by atoms with E-state index in [0.29, 0.717) is 11.7 Å².